The van der Waals surface area contributed by atoms with Gasteiger partial charge in [-0.3, -0.25) is 9.69 Å². The van der Waals surface area contributed by atoms with Crippen molar-refractivity contribution in [1.29, 1.82) is 0 Å². The van der Waals surface area contributed by atoms with Crippen LogP contribution >= 0.6 is 35.0 Å². The molecule has 0 saturated carbocycles. The van der Waals surface area contributed by atoms with E-state index in [2.05, 4.69) is 55.6 Å². The van der Waals surface area contributed by atoms with Crippen LogP contribution in [0.15, 0.2) is 47.6 Å². The number of aromatic nitrogens is 2. The third-order valence-electron chi connectivity index (χ3n) is 7.56. The average molecular weight is 585 g/mol. The van der Waals surface area contributed by atoms with Crippen molar-refractivity contribution in [3.05, 3.63) is 63.8 Å². The first kappa shape index (κ1) is 26.7. The Bertz CT molecular complexity index is 1360. The molecule has 204 valence electrons. The highest BCUT2D eigenvalue weighted by Gasteiger charge is 2.30. The lowest BCUT2D eigenvalue weighted by atomic mass is 9.96. The summed E-state index contributed by atoms with van der Waals surface area (Å²) in [6, 6.07) is 11.8. The van der Waals surface area contributed by atoms with Crippen LogP contribution in [0.1, 0.15) is 22.3 Å². The molecule has 0 aliphatic carbocycles. The number of halogens is 2. The van der Waals surface area contributed by atoms with Gasteiger partial charge in [0.1, 0.15) is 5.03 Å². The van der Waals surface area contributed by atoms with Crippen LogP contribution < -0.4 is 20.4 Å². The van der Waals surface area contributed by atoms with Crippen molar-refractivity contribution >= 4 is 63.9 Å². The van der Waals surface area contributed by atoms with Crippen LogP contribution in [0.3, 0.4) is 0 Å². The van der Waals surface area contributed by atoms with E-state index >= 15 is 0 Å². The highest BCUT2D eigenvalue weighted by atomic mass is 35.5. The average Bonchev–Trinajstić information content (AvgIpc) is 3.34. The molecule has 0 bridgehead atoms. The maximum atomic E-state index is 13.3. The topological polar surface area (TPSA) is 76.6 Å². The van der Waals surface area contributed by atoms with Gasteiger partial charge in [0.05, 0.1) is 27.2 Å². The monoisotopic (exact) mass is 583 g/mol. The Labute approximate surface area is 243 Å². The lowest BCUT2D eigenvalue weighted by Crippen LogP contribution is -2.44. The Kier molecular flexibility index (Phi) is 7.86. The van der Waals surface area contributed by atoms with E-state index in [0.29, 0.717) is 44.1 Å². The lowest BCUT2D eigenvalue weighted by molar-refractivity contribution is 0.0985. The summed E-state index contributed by atoms with van der Waals surface area (Å²) >= 11 is 14.2. The third kappa shape index (κ3) is 5.69. The Morgan fingerprint density at radius 3 is 2.67 bits per heavy atom. The lowest BCUT2D eigenvalue weighted by Gasteiger charge is -2.32. The number of hydrogen-bond acceptors (Lipinski definition) is 8. The van der Waals surface area contributed by atoms with Crippen LogP contribution in [0.4, 0.5) is 23.0 Å². The number of fused-ring (bicyclic) bond motifs is 1. The fourth-order valence-electron chi connectivity index (χ4n) is 5.60. The van der Waals surface area contributed by atoms with Gasteiger partial charge < -0.3 is 20.4 Å². The van der Waals surface area contributed by atoms with E-state index in [1.807, 2.05) is 0 Å². The zero-order valence-corrected chi connectivity index (χ0v) is 24.1. The van der Waals surface area contributed by atoms with Crippen molar-refractivity contribution in [2.45, 2.75) is 17.9 Å². The predicted octanol–water partition coefficient (Wildman–Crippen LogP) is 5.14. The highest BCUT2D eigenvalue weighted by Crippen LogP contribution is 2.39. The number of benzene rings is 2. The second-order valence-electron chi connectivity index (χ2n) is 10.3. The number of nitrogens with zero attached hydrogens (tertiary/aromatic N) is 5. The van der Waals surface area contributed by atoms with E-state index in [0.717, 1.165) is 51.4 Å². The maximum absolute atomic E-state index is 13.3. The summed E-state index contributed by atoms with van der Waals surface area (Å²) in [5, 5.41) is 8.35. The smallest absolute Gasteiger partial charge is 0.263 e. The van der Waals surface area contributed by atoms with E-state index < -0.39 is 0 Å². The zero-order chi connectivity index (χ0) is 26.9. The predicted molar refractivity (Wildman–Crippen MR) is 160 cm³/mol. The number of likely N-dealkylation sites (tertiary alicyclic amines) is 1. The van der Waals surface area contributed by atoms with Crippen LogP contribution in [0.25, 0.3) is 0 Å². The van der Waals surface area contributed by atoms with Crippen molar-refractivity contribution in [2.24, 2.45) is 5.92 Å². The Hall–Kier alpha value is -2.56. The van der Waals surface area contributed by atoms with Crippen LogP contribution in [0.2, 0.25) is 10.0 Å². The molecule has 0 spiro atoms. The molecule has 3 aliphatic heterocycles. The third-order valence-corrected chi connectivity index (χ3v) is 9.14. The van der Waals surface area contributed by atoms with Gasteiger partial charge in [-0.05, 0) is 68.2 Å². The van der Waals surface area contributed by atoms with Gasteiger partial charge in [-0.1, -0.05) is 41.0 Å². The summed E-state index contributed by atoms with van der Waals surface area (Å²) < 4.78 is 0. The van der Waals surface area contributed by atoms with Crippen molar-refractivity contribution in [3.63, 3.8) is 0 Å². The second kappa shape index (κ2) is 11.5. The number of nitrogens with one attached hydrogen (secondary N) is 2. The molecule has 39 heavy (non-hydrogen) atoms. The number of anilines is 4. The summed E-state index contributed by atoms with van der Waals surface area (Å²) in [5.41, 5.74) is 4.58. The van der Waals surface area contributed by atoms with Gasteiger partial charge >= 0.3 is 0 Å². The summed E-state index contributed by atoms with van der Waals surface area (Å²) in [7, 11) is 2.20. The Balaban J connectivity index is 1.23. The van der Waals surface area contributed by atoms with Gasteiger partial charge in [-0.15, -0.1) is 0 Å². The van der Waals surface area contributed by atoms with Gasteiger partial charge in [-0.25, -0.2) is 9.97 Å². The molecule has 2 saturated heterocycles. The standard InChI is InChI=1S/C28H31Cl2N7OS/c1-35-10-7-18(16-35)13-19-14-20(5-6-24(19)36-11-8-31-9-12-36)33-28-32-15-21-26(34-28)39-17-37(27(21)38)25-22(29)3-2-4-23(25)30/h2-6,14-15,18,31H,7-13,16-17H2,1H3,(H,32,33,34). The number of carbonyl (C=O) groups excluding carboxylic acids is 1. The molecule has 11 heteroatoms. The molecule has 2 N–H and O–H groups in total. The minimum atomic E-state index is -0.213. The molecular formula is C28H31Cl2N7OS. The van der Waals surface area contributed by atoms with Crippen molar-refractivity contribution in [3.8, 4) is 0 Å². The minimum Gasteiger partial charge on any atom is -0.369 e. The molecule has 0 radical (unpaired) electrons. The van der Waals surface area contributed by atoms with Crippen molar-refractivity contribution in [2.75, 3.05) is 67.3 Å². The fraction of sp³-hybridized carbons (Fsp3) is 0.393. The fourth-order valence-corrected chi connectivity index (χ4v) is 7.15. The first-order chi connectivity index (χ1) is 19.0. The maximum Gasteiger partial charge on any atom is 0.263 e. The van der Waals surface area contributed by atoms with Gasteiger partial charge in [-0.2, -0.15) is 0 Å². The number of hydrogen-bond donors (Lipinski definition) is 2. The van der Waals surface area contributed by atoms with Crippen molar-refractivity contribution < 1.29 is 4.79 Å². The highest BCUT2D eigenvalue weighted by molar-refractivity contribution is 7.99. The SMILES string of the molecule is CN1CCC(Cc2cc(Nc3ncc4c(n3)SCN(c3c(Cl)cccc3Cl)C4=O)ccc2N2CCNCC2)C1. The van der Waals surface area contributed by atoms with E-state index in [1.165, 1.54) is 29.4 Å². The summed E-state index contributed by atoms with van der Waals surface area (Å²) in [5.74, 6) is 1.28. The molecule has 1 unspecified atom stereocenters. The summed E-state index contributed by atoms with van der Waals surface area (Å²) in [6.45, 7) is 6.33. The van der Waals surface area contributed by atoms with Gasteiger partial charge in [0.2, 0.25) is 5.95 Å². The molecule has 3 aromatic rings. The van der Waals surface area contributed by atoms with Crippen molar-refractivity contribution in [1.82, 2.24) is 20.2 Å². The summed E-state index contributed by atoms with van der Waals surface area (Å²) in [4.78, 5) is 29.0. The first-order valence-corrected chi connectivity index (χ1v) is 15.0. The van der Waals surface area contributed by atoms with Crippen LogP contribution in [0, 0.1) is 5.92 Å². The van der Waals surface area contributed by atoms with E-state index in [4.69, 9.17) is 23.2 Å². The second-order valence-corrected chi connectivity index (χ2v) is 12.1. The summed E-state index contributed by atoms with van der Waals surface area (Å²) in [6.07, 6.45) is 3.86. The normalized spacial score (nSPS) is 19.9. The number of carbonyl (C=O) groups is 1. The number of amides is 1. The minimum absolute atomic E-state index is 0.213. The van der Waals surface area contributed by atoms with Gasteiger partial charge in [0.25, 0.3) is 5.91 Å². The molecule has 1 atom stereocenters. The molecule has 4 heterocycles. The zero-order valence-electron chi connectivity index (χ0n) is 21.8. The Morgan fingerprint density at radius 1 is 1.13 bits per heavy atom. The quantitative estimate of drug-likeness (QED) is 0.386. The van der Waals surface area contributed by atoms with E-state index in [1.54, 1.807) is 29.3 Å². The van der Waals surface area contributed by atoms with Crippen LogP contribution in [-0.2, 0) is 6.42 Å². The number of para-hydroxylation sites is 1. The Morgan fingerprint density at radius 2 is 1.92 bits per heavy atom. The molecular weight excluding hydrogens is 553 g/mol. The molecule has 6 rings (SSSR count). The molecule has 1 amide bonds. The van der Waals surface area contributed by atoms with E-state index in [9.17, 15) is 4.79 Å². The van der Waals surface area contributed by atoms with Gasteiger partial charge in [0, 0.05) is 50.3 Å². The van der Waals surface area contributed by atoms with E-state index in [-0.39, 0.29) is 5.91 Å². The first-order valence-electron chi connectivity index (χ1n) is 13.3. The molecule has 2 aromatic carbocycles. The van der Waals surface area contributed by atoms with Gasteiger partial charge in [0.15, 0.2) is 0 Å². The molecule has 1 aromatic heterocycles. The molecule has 3 aliphatic rings. The number of rotatable bonds is 6. The number of piperazine rings is 1. The largest absolute Gasteiger partial charge is 0.369 e. The number of thioether (sulfide) groups is 1. The van der Waals surface area contributed by atoms with Crippen LogP contribution in [0.5, 0.6) is 0 Å². The molecule has 8 nitrogen and oxygen atoms in total. The molecule has 2 fully saturated rings. The van der Waals surface area contributed by atoms with Crippen LogP contribution in [-0.4, -0.2) is 73.0 Å².